The average molecular weight is 331 g/mol. The van der Waals surface area contributed by atoms with Crippen molar-refractivity contribution in [2.45, 2.75) is 6.54 Å². The van der Waals surface area contributed by atoms with E-state index in [1.807, 2.05) is 42.5 Å². The van der Waals surface area contributed by atoms with Crippen molar-refractivity contribution in [1.29, 1.82) is 0 Å². The molecule has 0 saturated carbocycles. The molecule has 0 aliphatic carbocycles. The molecule has 0 bridgehead atoms. The topological polar surface area (TPSA) is 12.0 Å². The maximum absolute atomic E-state index is 6.08. The quantitative estimate of drug-likeness (QED) is 0.797. The molecule has 2 rings (SSSR count). The summed E-state index contributed by atoms with van der Waals surface area (Å²) in [5.41, 5.74) is 2.01. The van der Waals surface area contributed by atoms with Gasteiger partial charge in [-0.1, -0.05) is 47.5 Å². The minimum Gasteiger partial charge on any atom is -0.380 e. The Morgan fingerprint density at radius 1 is 0.941 bits per heavy atom. The molecular formula is C13H10BrCl2N. The molecule has 0 atom stereocenters. The highest BCUT2D eigenvalue weighted by Gasteiger charge is 2.04. The monoisotopic (exact) mass is 329 g/mol. The standard InChI is InChI=1S/C13H10BrCl2N/c14-13-11(16)6-3-7-12(13)17-8-9-4-1-2-5-10(9)15/h1-7,17H,8H2. The molecule has 0 fully saturated rings. The van der Waals surface area contributed by atoms with Gasteiger partial charge in [-0.3, -0.25) is 0 Å². The smallest absolute Gasteiger partial charge is 0.0593 e. The summed E-state index contributed by atoms with van der Waals surface area (Å²) in [6.07, 6.45) is 0. The number of hydrogen-bond donors (Lipinski definition) is 1. The van der Waals surface area contributed by atoms with Crippen LogP contribution >= 0.6 is 39.1 Å². The summed E-state index contributed by atoms with van der Waals surface area (Å²) in [7, 11) is 0. The molecule has 88 valence electrons. The van der Waals surface area contributed by atoms with Gasteiger partial charge in [-0.05, 0) is 39.7 Å². The molecule has 2 aromatic rings. The molecule has 0 aliphatic rings. The first-order valence-corrected chi connectivity index (χ1v) is 6.64. The lowest BCUT2D eigenvalue weighted by atomic mass is 10.2. The third-order valence-corrected chi connectivity index (χ3v) is 4.15. The van der Waals surface area contributed by atoms with E-state index in [1.165, 1.54) is 0 Å². The van der Waals surface area contributed by atoms with Crippen molar-refractivity contribution < 1.29 is 0 Å². The van der Waals surface area contributed by atoms with Crippen molar-refractivity contribution in [2.24, 2.45) is 0 Å². The second kappa shape index (κ2) is 5.76. The second-order valence-corrected chi connectivity index (χ2v) is 5.15. The lowest BCUT2D eigenvalue weighted by Gasteiger charge is -2.10. The van der Waals surface area contributed by atoms with Crippen molar-refractivity contribution in [3.8, 4) is 0 Å². The summed E-state index contributed by atoms with van der Waals surface area (Å²) in [5, 5.41) is 4.75. The Kier molecular flexibility index (Phi) is 4.32. The van der Waals surface area contributed by atoms with E-state index in [1.54, 1.807) is 0 Å². The minimum absolute atomic E-state index is 0.665. The third kappa shape index (κ3) is 3.15. The highest BCUT2D eigenvalue weighted by molar-refractivity contribution is 9.10. The van der Waals surface area contributed by atoms with Crippen molar-refractivity contribution in [3.63, 3.8) is 0 Å². The number of rotatable bonds is 3. The van der Waals surface area contributed by atoms with Gasteiger partial charge in [-0.2, -0.15) is 0 Å². The summed E-state index contributed by atoms with van der Waals surface area (Å²) in [4.78, 5) is 0. The maximum Gasteiger partial charge on any atom is 0.0593 e. The maximum atomic E-state index is 6.08. The van der Waals surface area contributed by atoms with Gasteiger partial charge in [0.1, 0.15) is 0 Å². The first-order valence-electron chi connectivity index (χ1n) is 5.10. The van der Waals surface area contributed by atoms with Crippen LogP contribution in [0.1, 0.15) is 5.56 Å². The van der Waals surface area contributed by atoms with Crippen LogP contribution in [0.4, 0.5) is 5.69 Å². The van der Waals surface area contributed by atoms with Gasteiger partial charge in [0.2, 0.25) is 0 Å². The molecule has 0 saturated heterocycles. The largest absolute Gasteiger partial charge is 0.380 e. The Morgan fingerprint density at radius 2 is 1.65 bits per heavy atom. The van der Waals surface area contributed by atoms with Crippen LogP contribution in [-0.4, -0.2) is 0 Å². The van der Waals surface area contributed by atoms with Gasteiger partial charge in [0.25, 0.3) is 0 Å². The molecule has 0 aliphatic heterocycles. The van der Waals surface area contributed by atoms with Gasteiger partial charge < -0.3 is 5.32 Å². The summed E-state index contributed by atoms with van der Waals surface area (Å²) >= 11 is 15.5. The van der Waals surface area contributed by atoms with Gasteiger partial charge in [-0.15, -0.1) is 0 Å². The zero-order valence-electron chi connectivity index (χ0n) is 8.88. The van der Waals surface area contributed by atoms with E-state index in [2.05, 4.69) is 21.2 Å². The molecule has 4 heteroatoms. The Hall–Kier alpha value is -0.700. The van der Waals surface area contributed by atoms with E-state index in [0.29, 0.717) is 11.6 Å². The molecule has 1 nitrogen and oxygen atoms in total. The molecule has 0 spiro atoms. The van der Waals surface area contributed by atoms with Crippen LogP contribution in [0.3, 0.4) is 0 Å². The number of halogens is 3. The SMILES string of the molecule is Clc1ccccc1CNc1cccc(Cl)c1Br. The fraction of sp³-hybridized carbons (Fsp3) is 0.0769. The fourth-order valence-corrected chi connectivity index (χ4v) is 2.25. The zero-order valence-corrected chi connectivity index (χ0v) is 12.0. The van der Waals surface area contributed by atoms with Crippen LogP contribution < -0.4 is 5.32 Å². The molecule has 0 unspecified atom stereocenters. The van der Waals surface area contributed by atoms with E-state index in [-0.39, 0.29) is 0 Å². The lowest BCUT2D eigenvalue weighted by Crippen LogP contribution is -2.00. The average Bonchev–Trinajstić information content (AvgIpc) is 2.33. The van der Waals surface area contributed by atoms with Gasteiger partial charge >= 0.3 is 0 Å². The van der Waals surface area contributed by atoms with E-state index in [0.717, 1.165) is 20.7 Å². The van der Waals surface area contributed by atoms with E-state index in [9.17, 15) is 0 Å². The van der Waals surface area contributed by atoms with Crippen LogP contribution in [0.25, 0.3) is 0 Å². The minimum atomic E-state index is 0.665. The van der Waals surface area contributed by atoms with Gasteiger partial charge in [0.05, 0.1) is 15.2 Å². The molecule has 17 heavy (non-hydrogen) atoms. The molecule has 0 heterocycles. The Bertz CT molecular complexity index is 529. The molecule has 0 amide bonds. The van der Waals surface area contributed by atoms with Crippen LogP contribution in [0.15, 0.2) is 46.9 Å². The molecule has 2 aromatic carbocycles. The Labute approximate surface area is 119 Å². The summed E-state index contributed by atoms with van der Waals surface area (Å²) in [5.74, 6) is 0. The first kappa shape index (κ1) is 12.7. The highest BCUT2D eigenvalue weighted by Crippen LogP contribution is 2.30. The fourth-order valence-electron chi connectivity index (χ4n) is 1.47. The molecule has 1 N–H and O–H groups in total. The third-order valence-electron chi connectivity index (χ3n) is 2.38. The number of hydrogen-bond acceptors (Lipinski definition) is 1. The highest BCUT2D eigenvalue weighted by atomic mass is 79.9. The number of benzene rings is 2. The van der Waals surface area contributed by atoms with Crippen LogP contribution in [0.2, 0.25) is 10.0 Å². The van der Waals surface area contributed by atoms with Gasteiger partial charge in [-0.25, -0.2) is 0 Å². The summed E-state index contributed by atoms with van der Waals surface area (Å²) in [6.45, 7) is 0.665. The van der Waals surface area contributed by atoms with Crippen molar-refractivity contribution in [3.05, 3.63) is 62.5 Å². The number of anilines is 1. The molecule has 0 radical (unpaired) electrons. The Morgan fingerprint density at radius 3 is 2.41 bits per heavy atom. The second-order valence-electron chi connectivity index (χ2n) is 3.55. The lowest BCUT2D eigenvalue weighted by molar-refractivity contribution is 1.15. The zero-order chi connectivity index (χ0) is 12.3. The number of nitrogens with one attached hydrogen (secondary N) is 1. The van der Waals surface area contributed by atoms with Gasteiger partial charge in [0.15, 0.2) is 0 Å². The van der Waals surface area contributed by atoms with Crippen LogP contribution in [-0.2, 0) is 6.54 Å². The first-order chi connectivity index (χ1) is 8.18. The molecule has 0 aromatic heterocycles. The van der Waals surface area contributed by atoms with Crippen LogP contribution in [0, 0.1) is 0 Å². The van der Waals surface area contributed by atoms with E-state index in [4.69, 9.17) is 23.2 Å². The van der Waals surface area contributed by atoms with Crippen molar-refractivity contribution in [2.75, 3.05) is 5.32 Å². The molecular weight excluding hydrogens is 321 g/mol. The predicted octanol–water partition coefficient (Wildman–Crippen LogP) is 5.37. The van der Waals surface area contributed by atoms with Gasteiger partial charge in [0, 0.05) is 11.6 Å². The van der Waals surface area contributed by atoms with Crippen molar-refractivity contribution >= 4 is 44.8 Å². The van der Waals surface area contributed by atoms with Crippen LogP contribution in [0.5, 0.6) is 0 Å². The van der Waals surface area contributed by atoms with E-state index >= 15 is 0 Å². The normalized spacial score (nSPS) is 10.3. The Balaban J connectivity index is 2.13. The van der Waals surface area contributed by atoms with Crippen molar-refractivity contribution in [1.82, 2.24) is 0 Å². The van der Waals surface area contributed by atoms with E-state index < -0.39 is 0 Å². The summed E-state index contributed by atoms with van der Waals surface area (Å²) < 4.78 is 0.869. The summed E-state index contributed by atoms with van der Waals surface area (Å²) in [6, 6.07) is 13.5. The predicted molar refractivity (Wildman–Crippen MR) is 77.9 cm³/mol.